The normalized spacial score (nSPS) is 25.6. The maximum Gasteiger partial charge on any atom is 0.246 e. The van der Waals surface area contributed by atoms with Crippen LogP contribution < -0.4 is 15.4 Å². The van der Waals surface area contributed by atoms with Crippen molar-refractivity contribution in [1.29, 1.82) is 0 Å². The van der Waals surface area contributed by atoms with E-state index in [4.69, 9.17) is 4.74 Å². The smallest absolute Gasteiger partial charge is 0.246 e. The van der Waals surface area contributed by atoms with Crippen molar-refractivity contribution in [3.05, 3.63) is 65.7 Å². The molecule has 4 atom stereocenters. The van der Waals surface area contributed by atoms with Crippen LogP contribution in [-0.2, 0) is 32.2 Å². The molecule has 2 N–H and O–H groups in total. The maximum absolute atomic E-state index is 13.9. The molecule has 0 aliphatic carbocycles. The van der Waals surface area contributed by atoms with E-state index in [-0.39, 0.29) is 36.0 Å². The van der Waals surface area contributed by atoms with Crippen LogP contribution >= 0.6 is 0 Å². The fourth-order valence-electron chi connectivity index (χ4n) is 5.91. The second-order valence-corrected chi connectivity index (χ2v) is 11.3. The third-order valence-electron chi connectivity index (χ3n) is 8.13. The van der Waals surface area contributed by atoms with Crippen molar-refractivity contribution >= 4 is 23.6 Å². The Labute approximate surface area is 235 Å². The van der Waals surface area contributed by atoms with E-state index in [2.05, 4.69) is 10.6 Å². The molecule has 0 saturated carbocycles. The summed E-state index contributed by atoms with van der Waals surface area (Å²) in [6.07, 6.45) is 2.70. The largest absolute Gasteiger partial charge is 0.489 e. The summed E-state index contributed by atoms with van der Waals surface area (Å²) >= 11 is 0. The van der Waals surface area contributed by atoms with E-state index >= 15 is 0 Å². The first-order valence-electron chi connectivity index (χ1n) is 14.3. The standard InChI is InChI=1S/C31H38N4O5/c1-20(2)27-31(39)35-17-7-10-25(35)28(36)32-24(30(38)34-16-6-11-26(34)29(37)33-27)18-21-12-14-23(15-13-21)40-19-22-8-4-3-5-9-22/h3-5,8-9,12-15,20,24-27H,6-7,10-11,16-19H2,1-2H3,(H,32,36)(H,33,37)/t24-,25-,26-,27-/m0/s1. The molecule has 5 rings (SSSR count). The van der Waals surface area contributed by atoms with Crippen LogP contribution in [0.15, 0.2) is 54.6 Å². The van der Waals surface area contributed by atoms with Crippen LogP contribution in [-0.4, -0.2) is 70.7 Å². The molecule has 3 aliphatic rings. The molecule has 0 unspecified atom stereocenters. The second kappa shape index (κ2) is 12.1. The molecule has 4 amide bonds. The number of amides is 4. The molecule has 40 heavy (non-hydrogen) atoms. The van der Waals surface area contributed by atoms with Crippen molar-refractivity contribution in [1.82, 2.24) is 20.4 Å². The van der Waals surface area contributed by atoms with E-state index in [1.165, 1.54) is 0 Å². The summed E-state index contributed by atoms with van der Waals surface area (Å²) in [5, 5.41) is 5.90. The van der Waals surface area contributed by atoms with E-state index in [1.54, 1.807) is 9.80 Å². The molecule has 2 aromatic rings. The fraction of sp³-hybridized carbons (Fsp3) is 0.484. The van der Waals surface area contributed by atoms with Crippen LogP contribution in [0.2, 0.25) is 0 Å². The Balaban J connectivity index is 1.36. The molecule has 9 heteroatoms. The molecule has 3 heterocycles. The highest BCUT2D eigenvalue weighted by Crippen LogP contribution is 2.25. The van der Waals surface area contributed by atoms with Crippen LogP contribution in [0.4, 0.5) is 0 Å². The summed E-state index contributed by atoms with van der Waals surface area (Å²) in [5.41, 5.74) is 1.92. The predicted molar refractivity (Wildman–Crippen MR) is 149 cm³/mol. The molecule has 3 fully saturated rings. The van der Waals surface area contributed by atoms with Crippen molar-refractivity contribution < 1.29 is 23.9 Å². The minimum atomic E-state index is -0.852. The fourth-order valence-corrected chi connectivity index (χ4v) is 5.91. The number of ether oxygens (including phenoxy) is 1. The predicted octanol–water partition coefficient (Wildman–Crippen LogP) is 2.43. The van der Waals surface area contributed by atoms with Gasteiger partial charge >= 0.3 is 0 Å². The van der Waals surface area contributed by atoms with Gasteiger partial charge in [-0.1, -0.05) is 56.3 Å². The molecule has 0 aromatic heterocycles. The van der Waals surface area contributed by atoms with Crippen molar-refractivity contribution in [3.8, 4) is 5.75 Å². The van der Waals surface area contributed by atoms with E-state index in [9.17, 15) is 19.2 Å². The highest BCUT2D eigenvalue weighted by atomic mass is 16.5. The van der Waals surface area contributed by atoms with Gasteiger partial charge in [-0.05, 0) is 54.9 Å². The van der Waals surface area contributed by atoms with Gasteiger partial charge in [-0.3, -0.25) is 19.2 Å². The number of hydrogen-bond donors (Lipinski definition) is 2. The van der Waals surface area contributed by atoms with E-state index in [0.29, 0.717) is 51.1 Å². The third kappa shape index (κ3) is 5.98. The average molecular weight is 547 g/mol. The first kappa shape index (κ1) is 27.7. The maximum atomic E-state index is 13.9. The van der Waals surface area contributed by atoms with Crippen LogP contribution in [0, 0.1) is 5.92 Å². The van der Waals surface area contributed by atoms with Gasteiger partial charge in [-0.15, -0.1) is 0 Å². The summed E-state index contributed by atoms with van der Waals surface area (Å²) < 4.78 is 5.89. The Kier molecular flexibility index (Phi) is 8.38. The zero-order valence-corrected chi connectivity index (χ0v) is 23.2. The number of nitrogens with zero attached hydrogens (tertiary/aromatic N) is 2. The van der Waals surface area contributed by atoms with Crippen molar-refractivity contribution in [3.63, 3.8) is 0 Å². The lowest BCUT2D eigenvalue weighted by molar-refractivity contribution is -0.147. The Bertz CT molecular complexity index is 1230. The first-order valence-corrected chi connectivity index (χ1v) is 14.3. The van der Waals surface area contributed by atoms with E-state index in [1.807, 2.05) is 68.4 Å². The Hall–Kier alpha value is -3.88. The summed E-state index contributed by atoms with van der Waals surface area (Å²) in [6.45, 7) is 5.10. The van der Waals surface area contributed by atoms with Gasteiger partial charge in [0.15, 0.2) is 0 Å². The van der Waals surface area contributed by atoms with E-state index in [0.717, 1.165) is 11.1 Å². The number of fused-ring (bicyclic) bond motifs is 2. The summed E-state index contributed by atoms with van der Waals surface area (Å²) in [6, 6.07) is 14.5. The van der Waals surface area contributed by atoms with Gasteiger partial charge in [0.1, 0.15) is 36.5 Å². The van der Waals surface area contributed by atoms with Crippen LogP contribution in [0.25, 0.3) is 0 Å². The molecule has 0 radical (unpaired) electrons. The molecule has 9 nitrogen and oxygen atoms in total. The molecule has 0 bridgehead atoms. The molecule has 212 valence electrons. The van der Waals surface area contributed by atoms with Crippen molar-refractivity contribution in [2.24, 2.45) is 5.92 Å². The highest BCUT2D eigenvalue weighted by Gasteiger charge is 2.44. The highest BCUT2D eigenvalue weighted by molar-refractivity contribution is 5.98. The molecule has 2 aromatic carbocycles. The Morgan fingerprint density at radius 3 is 2.00 bits per heavy atom. The number of hydrogen-bond acceptors (Lipinski definition) is 5. The zero-order chi connectivity index (χ0) is 28.2. The van der Waals surface area contributed by atoms with Gasteiger partial charge in [-0.2, -0.15) is 0 Å². The van der Waals surface area contributed by atoms with Gasteiger partial charge in [0, 0.05) is 19.5 Å². The zero-order valence-electron chi connectivity index (χ0n) is 23.2. The average Bonchev–Trinajstić information content (AvgIpc) is 3.65. The minimum Gasteiger partial charge on any atom is -0.489 e. The molecule has 3 aliphatic heterocycles. The topological polar surface area (TPSA) is 108 Å². The number of carbonyl (C=O) groups excluding carboxylic acids is 4. The number of rotatable bonds is 6. The lowest BCUT2D eigenvalue weighted by atomic mass is 10.00. The Morgan fingerprint density at radius 1 is 0.775 bits per heavy atom. The van der Waals surface area contributed by atoms with Gasteiger partial charge in [0.25, 0.3) is 0 Å². The quantitative estimate of drug-likeness (QED) is 0.579. The number of benzene rings is 2. The van der Waals surface area contributed by atoms with Gasteiger partial charge in [-0.25, -0.2) is 0 Å². The summed E-state index contributed by atoms with van der Waals surface area (Å²) in [7, 11) is 0. The van der Waals surface area contributed by atoms with Crippen LogP contribution in [0.5, 0.6) is 5.75 Å². The third-order valence-corrected chi connectivity index (χ3v) is 8.13. The first-order chi connectivity index (χ1) is 19.3. The number of nitrogens with one attached hydrogen (secondary N) is 2. The minimum absolute atomic E-state index is 0.151. The molecule has 0 spiro atoms. The number of carbonyl (C=O) groups is 4. The molecule has 3 saturated heterocycles. The van der Waals surface area contributed by atoms with Crippen molar-refractivity contribution in [2.75, 3.05) is 13.1 Å². The van der Waals surface area contributed by atoms with Gasteiger partial charge in [0.2, 0.25) is 23.6 Å². The Morgan fingerprint density at radius 2 is 1.38 bits per heavy atom. The van der Waals surface area contributed by atoms with Crippen molar-refractivity contribution in [2.45, 2.75) is 76.7 Å². The SMILES string of the molecule is CC(C)[C@@H]1NC(=O)[C@@H]2CCCN2C(=O)[C@H](Cc2ccc(OCc3ccccc3)cc2)NC(=O)[C@@H]2CCCN2C1=O. The molecular formula is C31H38N4O5. The van der Waals surface area contributed by atoms with Gasteiger partial charge in [0.05, 0.1) is 0 Å². The monoisotopic (exact) mass is 546 g/mol. The van der Waals surface area contributed by atoms with E-state index < -0.39 is 24.2 Å². The van der Waals surface area contributed by atoms with Crippen LogP contribution in [0.3, 0.4) is 0 Å². The van der Waals surface area contributed by atoms with Gasteiger partial charge < -0.3 is 25.2 Å². The summed E-state index contributed by atoms with van der Waals surface area (Å²) in [5.74, 6) is -0.580. The lowest BCUT2D eigenvalue weighted by Crippen LogP contribution is -2.62. The van der Waals surface area contributed by atoms with Crippen LogP contribution in [0.1, 0.15) is 50.7 Å². The molecular weight excluding hydrogens is 508 g/mol. The second-order valence-electron chi connectivity index (χ2n) is 11.3. The summed E-state index contributed by atoms with van der Waals surface area (Å²) in [4.78, 5) is 57.4. The lowest BCUT2D eigenvalue weighted by Gasteiger charge is -2.35.